The van der Waals surface area contributed by atoms with Gasteiger partial charge < -0.3 is 10.6 Å². The smallest absolute Gasteiger partial charge is 0.0320 e. The van der Waals surface area contributed by atoms with Crippen molar-refractivity contribution >= 4 is 11.8 Å². The first-order valence-corrected chi connectivity index (χ1v) is 4.67. The molecule has 0 unspecified atom stereocenters. The summed E-state index contributed by atoms with van der Waals surface area (Å²) in [6.45, 7) is 2.31. The lowest BCUT2D eigenvalue weighted by atomic mass is 10.1. The maximum atomic E-state index is 3.50. The zero-order chi connectivity index (χ0) is 6.10. The van der Waals surface area contributed by atoms with Crippen LogP contribution in [0.25, 0.3) is 0 Å². The Balaban J connectivity index is 1.97. The molecule has 52 valence electrons. The molecule has 2 aliphatic heterocycles. The highest BCUT2D eigenvalue weighted by atomic mass is 32.2. The van der Waals surface area contributed by atoms with E-state index in [1.807, 2.05) is 0 Å². The Hall–Kier alpha value is 0.270. The first-order valence-electron chi connectivity index (χ1n) is 3.51. The number of thioether (sulfide) groups is 1. The van der Waals surface area contributed by atoms with Gasteiger partial charge in [-0.15, -0.1) is 0 Å². The van der Waals surface area contributed by atoms with Crippen LogP contribution in [0.1, 0.15) is 0 Å². The SMILES string of the molecule is C1CN[C@@H]2CSC[C@@H]2N1. The monoisotopic (exact) mass is 144 g/mol. The Morgan fingerprint density at radius 3 is 2.11 bits per heavy atom. The lowest BCUT2D eigenvalue weighted by Gasteiger charge is -2.26. The summed E-state index contributed by atoms with van der Waals surface area (Å²) in [6.07, 6.45) is 0. The Morgan fingerprint density at radius 1 is 1.00 bits per heavy atom. The van der Waals surface area contributed by atoms with Crippen LogP contribution in [0.5, 0.6) is 0 Å². The van der Waals surface area contributed by atoms with Gasteiger partial charge in [-0.25, -0.2) is 0 Å². The molecule has 0 radical (unpaired) electrons. The third-order valence-corrected chi connectivity index (χ3v) is 3.21. The molecule has 0 spiro atoms. The summed E-state index contributed by atoms with van der Waals surface area (Å²) >= 11 is 2.05. The highest BCUT2D eigenvalue weighted by Gasteiger charge is 2.28. The largest absolute Gasteiger partial charge is 0.310 e. The Morgan fingerprint density at radius 2 is 1.56 bits per heavy atom. The molecule has 2 N–H and O–H groups in total. The predicted molar refractivity (Wildman–Crippen MR) is 40.9 cm³/mol. The summed E-state index contributed by atoms with van der Waals surface area (Å²) in [5.74, 6) is 2.61. The second-order valence-electron chi connectivity index (χ2n) is 2.66. The quantitative estimate of drug-likeness (QED) is 0.486. The van der Waals surface area contributed by atoms with E-state index >= 15 is 0 Å². The molecule has 0 aromatic carbocycles. The van der Waals surface area contributed by atoms with Crippen LogP contribution in [0.3, 0.4) is 0 Å². The van der Waals surface area contributed by atoms with E-state index in [4.69, 9.17) is 0 Å². The topological polar surface area (TPSA) is 24.1 Å². The lowest BCUT2D eigenvalue weighted by Crippen LogP contribution is -2.55. The molecule has 0 saturated carbocycles. The van der Waals surface area contributed by atoms with E-state index in [1.165, 1.54) is 11.5 Å². The number of fused-ring (bicyclic) bond motifs is 1. The molecule has 0 aromatic rings. The van der Waals surface area contributed by atoms with Crippen molar-refractivity contribution in [3.05, 3.63) is 0 Å². The molecule has 2 saturated heterocycles. The first kappa shape index (κ1) is 6.01. The van der Waals surface area contributed by atoms with E-state index in [0.717, 1.165) is 25.2 Å². The summed E-state index contributed by atoms with van der Waals surface area (Å²) in [7, 11) is 0. The van der Waals surface area contributed by atoms with Gasteiger partial charge in [0.2, 0.25) is 0 Å². The van der Waals surface area contributed by atoms with Crippen LogP contribution in [-0.4, -0.2) is 36.7 Å². The molecule has 0 amide bonds. The number of hydrogen-bond donors (Lipinski definition) is 2. The Labute approximate surface area is 59.8 Å². The normalized spacial score (nSPS) is 42.7. The molecule has 2 fully saturated rings. The van der Waals surface area contributed by atoms with E-state index in [9.17, 15) is 0 Å². The summed E-state index contributed by atoms with van der Waals surface area (Å²) in [4.78, 5) is 0. The van der Waals surface area contributed by atoms with Crippen LogP contribution < -0.4 is 10.6 Å². The molecule has 0 aromatic heterocycles. The number of rotatable bonds is 0. The van der Waals surface area contributed by atoms with Crippen molar-refractivity contribution in [2.75, 3.05) is 24.6 Å². The van der Waals surface area contributed by atoms with Gasteiger partial charge >= 0.3 is 0 Å². The van der Waals surface area contributed by atoms with Crippen molar-refractivity contribution in [1.29, 1.82) is 0 Å². The van der Waals surface area contributed by atoms with Gasteiger partial charge in [-0.2, -0.15) is 11.8 Å². The third-order valence-electron chi connectivity index (χ3n) is 2.02. The number of hydrogen-bond acceptors (Lipinski definition) is 3. The molecule has 0 aliphatic carbocycles. The fourth-order valence-corrected chi connectivity index (χ4v) is 2.82. The highest BCUT2D eigenvalue weighted by molar-refractivity contribution is 7.99. The molecule has 2 aliphatic rings. The molecular weight excluding hydrogens is 132 g/mol. The average molecular weight is 144 g/mol. The Kier molecular flexibility index (Phi) is 1.66. The average Bonchev–Trinajstić information content (AvgIpc) is 2.33. The van der Waals surface area contributed by atoms with Gasteiger partial charge in [0.05, 0.1) is 0 Å². The van der Waals surface area contributed by atoms with E-state index < -0.39 is 0 Å². The molecule has 3 heteroatoms. The maximum absolute atomic E-state index is 3.50. The van der Waals surface area contributed by atoms with Crippen molar-refractivity contribution in [2.24, 2.45) is 0 Å². The summed E-state index contributed by atoms with van der Waals surface area (Å²) in [5, 5.41) is 7.00. The second kappa shape index (κ2) is 2.48. The third kappa shape index (κ3) is 1.09. The van der Waals surface area contributed by atoms with Gasteiger partial charge in [-0.05, 0) is 0 Å². The lowest BCUT2D eigenvalue weighted by molar-refractivity contribution is 0.377. The van der Waals surface area contributed by atoms with Gasteiger partial charge in [0.25, 0.3) is 0 Å². The first-order chi connectivity index (χ1) is 4.47. The van der Waals surface area contributed by atoms with E-state index in [1.54, 1.807) is 0 Å². The summed E-state index contributed by atoms with van der Waals surface area (Å²) in [5.41, 5.74) is 0. The summed E-state index contributed by atoms with van der Waals surface area (Å²) in [6, 6.07) is 1.53. The van der Waals surface area contributed by atoms with Crippen molar-refractivity contribution in [2.45, 2.75) is 12.1 Å². The van der Waals surface area contributed by atoms with Crippen molar-refractivity contribution in [3.63, 3.8) is 0 Å². The molecular formula is C6H12N2S. The van der Waals surface area contributed by atoms with Crippen molar-refractivity contribution in [1.82, 2.24) is 10.6 Å². The van der Waals surface area contributed by atoms with E-state index in [-0.39, 0.29) is 0 Å². The fraction of sp³-hybridized carbons (Fsp3) is 1.00. The second-order valence-corrected chi connectivity index (χ2v) is 3.73. The van der Waals surface area contributed by atoms with Crippen LogP contribution in [0.15, 0.2) is 0 Å². The van der Waals surface area contributed by atoms with Crippen LogP contribution >= 0.6 is 11.8 Å². The molecule has 2 heterocycles. The van der Waals surface area contributed by atoms with Crippen LogP contribution in [-0.2, 0) is 0 Å². The minimum Gasteiger partial charge on any atom is -0.310 e. The van der Waals surface area contributed by atoms with E-state index in [0.29, 0.717) is 0 Å². The molecule has 0 bridgehead atoms. The maximum Gasteiger partial charge on any atom is 0.0320 e. The van der Waals surface area contributed by atoms with E-state index in [2.05, 4.69) is 22.4 Å². The molecule has 9 heavy (non-hydrogen) atoms. The van der Waals surface area contributed by atoms with Crippen molar-refractivity contribution < 1.29 is 0 Å². The standard InChI is InChI=1S/C6H12N2S/c1-2-8-6-4-9-3-5(6)7-1/h5-8H,1-4H2/t5-,6+. The van der Waals surface area contributed by atoms with Gasteiger partial charge in [-0.3, -0.25) is 0 Å². The van der Waals surface area contributed by atoms with Gasteiger partial charge in [-0.1, -0.05) is 0 Å². The van der Waals surface area contributed by atoms with Gasteiger partial charge in [0.1, 0.15) is 0 Å². The zero-order valence-corrected chi connectivity index (χ0v) is 6.21. The molecule has 2 rings (SSSR count). The van der Waals surface area contributed by atoms with Crippen LogP contribution in [0.4, 0.5) is 0 Å². The van der Waals surface area contributed by atoms with Crippen LogP contribution in [0.2, 0.25) is 0 Å². The molecule has 2 atom stereocenters. The summed E-state index contributed by atoms with van der Waals surface area (Å²) < 4.78 is 0. The zero-order valence-electron chi connectivity index (χ0n) is 5.39. The minimum absolute atomic E-state index is 0.767. The minimum atomic E-state index is 0.767. The van der Waals surface area contributed by atoms with Crippen LogP contribution in [0, 0.1) is 0 Å². The highest BCUT2D eigenvalue weighted by Crippen LogP contribution is 2.19. The Bertz CT molecular complexity index is 95.2. The molecule has 2 nitrogen and oxygen atoms in total. The number of piperazine rings is 1. The van der Waals surface area contributed by atoms with Gasteiger partial charge in [0.15, 0.2) is 0 Å². The van der Waals surface area contributed by atoms with Gasteiger partial charge in [0, 0.05) is 36.7 Å². The number of nitrogens with one attached hydrogen (secondary N) is 2. The fourth-order valence-electron chi connectivity index (χ4n) is 1.47. The predicted octanol–water partition coefficient (Wildman–Crippen LogP) is -0.337. The van der Waals surface area contributed by atoms with Crippen molar-refractivity contribution in [3.8, 4) is 0 Å².